The molecule has 1 aliphatic heterocycles. The SMILES string of the molecule is COc1ccccc1[C@@H]1CC(c2ccco2)=NN1C(=O)CCC(=O)O. The number of hydrazone groups is 1. The van der Waals surface area contributed by atoms with Crippen LogP contribution in [0.2, 0.25) is 0 Å². The monoisotopic (exact) mass is 342 g/mol. The number of carboxylic acids is 1. The second-order valence-electron chi connectivity index (χ2n) is 5.62. The number of nitrogens with zero attached hydrogens (tertiary/aromatic N) is 2. The summed E-state index contributed by atoms with van der Waals surface area (Å²) in [4.78, 5) is 23.3. The van der Waals surface area contributed by atoms with E-state index < -0.39 is 5.97 Å². The lowest BCUT2D eigenvalue weighted by atomic mass is 9.99. The quantitative estimate of drug-likeness (QED) is 0.871. The van der Waals surface area contributed by atoms with Crippen LogP contribution in [0.15, 0.2) is 52.2 Å². The molecule has 0 saturated heterocycles. The third-order valence-electron chi connectivity index (χ3n) is 4.02. The number of amides is 1. The first-order valence-corrected chi connectivity index (χ1v) is 7.88. The molecule has 0 fully saturated rings. The molecule has 0 aliphatic carbocycles. The van der Waals surface area contributed by atoms with Gasteiger partial charge in [-0.05, 0) is 18.2 Å². The smallest absolute Gasteiger partial charge is 0.303 e. The molecule has 7 nitrogen and oxygen atoms in total. The predicted octanol–water partition coefficient (Wildman–Crippen LogP) is 2.83. The highest BCUT2D eigenvalue weighted by atomic mass is 16.5. The predicted molar refractivity (Wildman–Crippen MR) is 89.3 cm³/mol. The number of rotatable bonds is 6. The lowest BCUT2D eigenvalue weighted by Crippen LogP contribution is -2.27. The van der Waals surface area contributed by atoms with Crippen molar-refractivity contribution < 1.29 is 23.8 Å². The normalized spacial score (nSPS) is 16.6. The van der Waals surface area contributed by atoms with Gasteiger partial charge in [0.25, 0.3) is 0 Å². The Kier molecular flexibility index (Phi) is 4.83. The maximum atomic E-state index is 12.5. The highest BCUT2D eigenvalue weighted by Crippen LogP contribution is 2.37. The van der Waals surface area contributed by atoms with Crippen molar-refractivity contribution in [2.45, 2.75) is 25.3 Å². The number of hydrogen-bond donors (Lipinski definition) is 1. The largest absolute Gasteiger partial charge is 0.496 e. The molecule has 0 bridgehead atoms. The van der Waals surface area contributed by atoms with Crippen LogP contribution in [-0.4, -0.2) is 34.8 Å². The Bertz CT molecular complexity index is 798. The van der Waals surface area contributed by atoms with Crippen LogP contribution in [0.5, 0.6) is 5.75 Å². The molecule has 7 heteroatoms. The summed E-state index contributed by atoms with van der Waals surface area (Å²) >= 11 is 0. The van der Waals surface area contributed by atoms with Gasteiger partial charge in [-0.3, -0.25) is 9.59 Å². The van der Waals surface area contributed by atoms with E-state index in [1.165, 1.54) is 5.01 Å². The first-order valence-electron chi connectivity index (χ1n) is 7.88. The van der Waals surface area contributed by atoms with E-state index in [1.807, 2.05) is 24.3 Å². The number of carbonyl (C=O) groups is 2. The Morgan fingerprint density at radius 2 is 2.08 bits per heavy atom. The first kappa shape index (κ1) is 16.8. The van der Waals surface area contributed by atoms with Gasteiger partial charge in [-0.25, -0.2) is 5.01 Å². The lowest BCUT2D eigenvalue weighted by molar-refractivity contribution is -0.141. The van der Waals surface area contributed by atoms with Crippen LogP contribution in [-0.2, 0) is 9.59 Å². The first-order chi connectivity index (χ1) is 12.1. The topological polar surface area (TPSA) is 92.3 Å². The average molecular weight is 342 g/mol. The van der Waals surface area contributed by atoms with E-state index in [4.69, 9.17) is 14.3 Å². The molecule has 2 heterocycles. The Morgan fingerprint density at radius 1 is 1.28 bits per heavy atom. The molecule has 0 spiro atoms. The van der Waals surface area contributed by atoms with Crippen molar-refractivity contribution in [3.8, 4) is 5.75 Å². The molecule has 1 N–H and O–H groups in total. The zero-order valence-corrected chi connectivity index (χ0v) is 13.7. The summed E-state index contributed by atoms with van der Waals surface area (Å²) in [7, 11) is 1.57. The molecular weight excluding hydrogens is 324 g/mol. The summed E-state index contributed by atoms with van der Waals surface area (Å²) in [6.45, 7) is 0. The van der Waals surface area contributed by atoms with Crippen molar-refractivity contribution in [1.29, 1.82) is 0 Å². The van der Waals surface area contributed by atoms with Crippen LogP contribution in [0.1, 0.15) is 36.6 Å². The molecule has 1 aliphatic rings. The molecule has 1 amide bonds. The van der Waals surface area contributed by atoms with Gasteiger partial charge in [-0.2, -0.15) is 5.10 Å². The summed E-state index contributed by atoms with van der Waals surface area (Å²) in [6, 6.07) is 10.6. The summed E-state index contributed by atoms with van der Waals surface area (Å²) < 4.78 is 10.8. The van der Waals surface area contributed by atoms with Crippen LogP contribution < -0.4 is 4.74 Å². The van der Waals surface area contributed by atoms with Gasteiger partial charge in [0.05, 0.1) is 25.8 Å². The molecule has 25 heavy (non-hydrogen) atoms. The summed E-state index contributed by atoms with van der Waals surface area (Å²) in [5, 5.41) is 14.6. The highest BCUT2D eigenvalue weighted by Gasteiger charge is 2.35. The molecule has 3 rings (SSSR count). The van der Waals surface area contributed by atoms with Gasteiger partial charge in [-0.15, -0.1) is 0 Å². The van der Waals surface area contributed by atoms with Crippen LogP contribution >= 0.6 is 0 Å². The highest BCUT2D eigenvalue weighted by molar-refractivity contribution is 6.01. The van der Waals surface area contributed by atoms with Crippen LogP contribution in [0.3, 0.4) is 0 Å². The van der Waals surface area contributed by atoms with E-state index in [-0.39, 0.29) is 24.8 Å². The molecule has 1 aromatic heterocycles. The van der Waals surface area contributed by atoms with Gasteiger partial charge in [0.2, 0.25) is 5.91 Å². The minimum Gasteiger partial charge on any atom is -0.496 e. The van der Waals surface area contributed by atoms with E-state index in [9.17, 15) is 9.59 Å². The Balaban J connectivity index is 1.92. The number of carbonyl (C=O) groups excluding carboxylic acids is 1. The standard InChI is InChI=1S/C18H18N2O5/c1-24-15-6-3-2-5-12(15)14-11-13(16-7-4-10-25-16)19-20(14)17(21)8-9-18(22)23/h2-7,10,14H,8-9,11H2,1H3,(H,22,23)/t14-/m0/s1. The zero-order valence-electron chi connectivity index (χ0n) is 13.7. The van der Waals surface area contributed by atoms with Crippen molar-refractivity contribution in [3.05, 3.63) is 54.0 Å². The number of hydrogen-bond acceptors (Lipinski definition) is 5. The van der Waals surface area contributed by atoms with Crippen LogP contribution in [0, 0.1) is 0 Å². The minimum absolute atomic E-state index is 0.115. The van der Waals surface area contributed by atoms with Crippen molar-refractivity contribution >= 4 is 17.6 Å². The van der Waals surface area contributed by atoms with Gasteiger partial charge in [0.1, 0.15) is 17.2 Å². The second kappa shape index (κ2) is 7.21. The molecular formula is C18H18N2O5. The van der Waals surface area contributed by atoms with E-state index in [0.717, 1.165) is 5.56 Å². The van der Waals surface area contributed by atoms with Gasteiger partial charge >= 0.3 is 5.97 Å². The maximum absolute atomic E-state index is 12.5. The Hall–Kier alpha value is -3.09. The summed E-state index contributed by atoms with van der Waals surface area (Å²) in [6.07, 6.45) is 1.66. The summed E-state index contributed by atoms with van der Waals surface area (Å²) in [5.41, 5.74) is 1.46. The molecule has 0 saturated carbocycles. The van der Waals surface area contributed by atoms with Gasteiger partial charge in [0.15, 0.2) is 0 Å². The van der Waals surface area contributed by atoms with E-state index >= 15 is 0 Å². The molecule has 1 atom stereocenters. The van der Waals surface area contributed by atoms with Gasteiger partial charge in [-0.1, -0.05) is 18.2 Å². The fraction of sp³-hybridized carbons (Fsp3) is 0.278. The third-order valence-corrected chi connectivity index (χ3v) is 4.02. The second-order valence-corrected chi connectivity index (χ2v) is 5.62. The molecule has 2 aromatic rings. The molecule has 130 valence electrons. The van der Waals surface area contributed by atoms with Gasteiger partial charge in [0, 0.05) is 18.4 Å². The number of carboxylic acid groups (broad SMARTS) is 1. The van der Waals surface area contributed by atoms with Crippen LogP contribution in [0.4, 0.5) is 0 Å². The number of methoxy groups -OCH3 is 1. The zero-order chi connectivity index (χ0) is 17.8. The molecule has 1 aromatic carbocycles. The Morgan fingerprint density at radius 3 is 2.76 bits per heavy atom. The van der Waals surface area contributed by atoms with E-state index in [0.29, 0.717) is 23.6 Å². The molecule has 0 radical (unpaired) electrons. The summed E-state index contributed by atoms with van der Waals surface area (Å²) in [5.74, 6) is -0.121. The fourth-order valence-corrected chi connectivity index (χ4v) is 2.84. The van der Waals surface area contributed by atoms with Crippen molar-refractivity contribution in [2.75, 3.05) is 7.11 Å². The number of ether oxygens (including phenoxy) is 1. The van der Waals surface area contributed by atoms with Gasteiger partial charge < -0.3 is 14.3 Å². The molecule has 0 unspecified atom stereocenters. The number of para-hydroxylation sites is 1. The van der Waals surface area contributed by atoms with Crippen molar-refractivity contribution in [2.24, 2.45) is 5.10 Å². The van der Waals surface area contributed by atoms with Crippen molar-refractivity contribution in [1.82, 2.24) is 5.01 Å². The average Bonchev–Trinajstić information content (AvgIpc) is 3.28. The fourth-order valence-electron chi connectivity index (χ4n) is 2.84. The maximum Gasteiger partial charge on any atom is 0.303 e. The minimum atomic E-state index is -1.02. The van der Waals surface area contributed by atoms with Crippen molar-refractivity contribution in [3.63, 3.8) is 0 Å². The Labute approximate surface area is 144 Å². The van der Waals surface area contributed by atoms with E-state index in [2.05, 4.69) is 5.10 Å². The van der Waals surface area contributed by atoms with E-state index in [1.54, 1.807) is 25.5 Å². The third kappa shape index (κ3) is 3.55. The lowest BCUT2D eigenvalue weighted by Gasteiger charge is -2.23. The number of aliphatic carboxylic acids is 1. The number of benzene rings is 1. The van der Waals surface area contributed by atoms with Crippen LogP contribution in [0.25, 0.3) is 0 Å². The number of furan rings is 1.